The molecule has 5 heteroatoms. The lowest BCUT2D eigenvalue weighted by Crippen LogP contribution is -2.07. The van der Waals surface area contributed by atoms with Crippen molar-refractivity contribution in [2.45, 2.75) is 59.0 Å². The molecule has 1 aromatic rings. The molecule has 0 aliphatic heterocycles. The predicted octanol–water partition coefficient (Wildman–Crippen LogP) is 2.86. The van der Waals surface area contributed by atoms with E-state index in [0.29, 0.717) is 24.7 Å². The van der Waals surface area contributed by atoms with Crippen LogP contribution in [0.15, 0.2) is 4.52 Å². The second kappa shape index (κ2) is 7.97. The molecule has 0 radical (unpaired) electrons. The lowest BCUT2D eigenvalue weighted by atomic mass is 10.2. The molecule has 0 aliphatic carbocycles. The van der Waals surface area contributed by atoms with Gasteiger partial charge in [-0.1, -0.05) is 25.4 Å². The summed E-state index contributed by atoms with van der Waals surface area (Å²) in [7, 11) is 0. The van der Waals surface area contributed by atoms with Crippen molar-refractivity contribution in [3.63, 3.8) is 0 Å². The van der Waals surface area contributed by atoms with Gasteiger partial charge in [0.1, 0.15) is 11.9 Å². The molecule has 0 bridgehead atoms. The van der Waals surface area contributed by atoms with Crippen LogP contribution in [0.2, 0.25) is 0 Å². The van der Waals surface area contributed by atoms with Gasteiger partial charge in [0, 0.05) is 13.0 Å². The Labute approximate surface area is 108 Å². The molecule has 1 atom stereocenters. The maximum atomic E-state index is 11.5. The number of hydrogen-bond donors (Lipinski definition) is 0. The van der Waals surface area contributed by atoms with Gasteiger partial charge in [-0.05, 0) is 19.8 Å². The van der Waals surface area contributed by atoms with Crippen LogP contribution < -0.4 is 0 Å². The van der Waals surface area contributed by atoms with Gasteiger partial charge in [0.05, 0.1) is 6.42 Å². The Morgan fingerprint density at radius 1 is 1.33 bits per heavy atom. The summed E-state index contributed by atoms with van der Waals surface area (Å²) in [5.74, 6) is 1.08. The van der Waals surface area contributed by atoms with Crippen LogP contribution in [-0.2, 0) is 16.0 Å². The summed E-state index contributed by atoms with van der Waals surface area (Å²) < 4.78 is 10.7. The van der Waals surface area contributed by atoms with Crippen molar-refractivity contribution < 1.29 is 14.1 Å². The third kappa shape index (κ3) is 4.56. The van der Waals surface area contributed by atoms with Crippen LogP contribution in [0.5, 0.6) is 0 Å². The monoisotopic (exact) mass is 254 g/mol. The Morgan fingerprint density at radius 2 is 2.11 bits per heavy atom. The van der Waals surface area contributed by atoms with E-state index in [1.807, 2.05) is 13.8 Å². The summed E-state index contributed by atoms with van der Waals surface area (Å²) in [4.78, 5) is 15.7. The Morgan fingerprint density at radius 3 is 2.72 bits per heavy atom. The normalized spacial score (nSPS) is 12.6. The number of ether oxygens (including phenoxy) is 1. The summed E-state index contributed by atoms with van der Waals surface area (Å²) in [5.41, 5.74) is 0. The van der Waals surface area contributed by atoms with Gasteiger partial charge in [-0.25, -0.2) is 0 Å². The molecule has 18 heavy (non-hydrogen) atoms. The second-order valence-corrected chi connectivity index (χ2v) is 4.24. The molecule has 0 amide bonds. The van der Waals surface area contributed by atoms with E-state index < -0.39 is 0 Å². The van der Waals surface area contributed by atoms with E-state index in [1.165, 1.54) is 0 Å². The topological polar surface area (TPSA) is 65.2 Å². The number of rotatable bonds is 9. The van der Waals surface area contributed by atoms with Gasteiger partial charge in [0.25, 0.3) is 0 Å². The first-order valence-electron chi connectivity index (χ1n) is 6.66. The van der Waals surface area contributed by atoms with E-state index in [9.17, 15) is 4.79 Å². The molecule has 1 heterocycles. The van der Waals surface area contributed by atoms with Crippen LogP contribution in [0.1, 0.15) is 64.3 Å². The molecular weight excluding hydrogens is 232 g/mol. The highest BCUT2D eigenvalue weighted by Gasteiger charge is 2.18. The fourth-order valence-electron chi connectivity index (χ4n) is 1.76. The number of nitrogens with zero attached hydrogens (tertiary/aromatic N) is 2. The molecule has 0 spiro atoms. The van der Waals surface area contributed by atoms with Crippen LogP contribution in [-0.4, -0.2) is 22.5 Å². The zero-order valence-electron chi connectivity index (χ0n) is 11.4. The minimum Gasteiger partial charge on any atom is -0.370 e. The number of carbonyl (C=O) groups is 1. The highest BCUT2D eigenvalue weighted by Crippen LogP contribution is 2.20. The molecule has 102 valence electrons. The van der Waals surface area contributed by atoms with E-state index in [-0.39, 0.29) is 18.3 Å². The quantitative estimate of drug-likeness (QED) is 0.678. The molecule has 0 saturated carbocycles. The van der Waals surface area contributed by atoms with Crippen molar-refractivity contribution in [2.75, 3.05) is 6.61 Å². The van der Waals surface area contributed by atoms with Crippen molar-refractivity contribution in [1.29, 1.82) is 0 Å². The Hall–Kier alpha value is -1.23. The van der Waals surface area contributed by atoms with Crippen molar-refractivity contribution in [2.24, 2.45) is 0 Å². The van der Waals surface area contributed by atoms with E-state index >= 15 is 0 Å². The number of Topliss-reactive ketones (excluding diaryl/α,β-unsaturated/α-hetero) is 1. The Balaban J connectivity index is 2.62. The van der Waals surface area contributed by atoms with Gasteiger partial charge in [-0.15, -0.1) is 0 Å². The largest absolute Gasteiger partial charge is 0.370 e. The first-order valence-corrected chi connectivity index (χ1v) is 6.66. The first-order chi connectivity index (χ1) is 8.71. The van der Waals surface area contributed by atoms with Gasteiger partial charge in [-0.3, -0.25) is 4.79 Å². The van der Waals surface area contributed by atoms with Crippen molar-refractivity contribution in [1.82, 2.24) is 10.1 Å². The molecule has 0 N–H and O–H groups in total. The lowest BCUT2D eigenvalue weighted by Gasteiger charge is -2.11. The van der Waals surface area contributed by atoms with Crippen LogP contribution in [0, 0.1) is 0 Å². The molecule has 0 fully saturated rings. The Bertz CT molecular complexity index is 357. The standard InChI is InChI=1S/C13H22N2O3/c1-4-7-10(16)9-12-14-13(15-18-12)11(8-5-2)17-6-3/h11H,4-9H2,1-3H3. The zero-order chi connectivity index (χ0) is 13.4. The molecule has 1 unspecified atom stereocenters. The predicted molar refractivity (Wildman–Crippen MR) is 67.2 cm³/mol. The fraction of sp³-hybridized carbons (Fsp3) is 0.769. The number of hydrogen-bond acceptors (Lipinski definition) is 5. The summed E-state index contributed by atoms with van der Waals surface area (Å²) in [5, 5.41) is 3.90. The van der Waals surface area contributed by atoms with Crippen molar-refractivity contribution >= 4 is 5.78 Å². The van der Waals surface area contributed by atoms with E-state index in [4.69, 9.17) is 9.26 Å². The third-order valence-corrected chi connectivity index (χ3v) is 2.57. The van der Waals surface area contributed by atoms with E-state index in [2.05, 4.69) is 17.1 Å². The van der Waals surface area contributed by atoms with Crippen LogP contribution in [0.3, 0.4) is 0 Å². The van der Waals surface area contributed by atoms with Crippen LogP contribution in [0.25, 0.3) is 0 Å². The van der Waals surface area contributed by atoms with Crippen molar-refractivity contribution in [3.8, 4) is 0 Å². The van der Waals surface area contributed by atoms with Crippen LogP contribution in [0.4, 0.5) is 0 Å². The maximum Gasteiger partial charge on any atom is 0.234 e. The fourth-order valence-corrected chi connectivity index (χ4v) is 1.76. The van der Waals surface area contributed by atoms with E-state index in [1.54, 1.807) is 0 Å². The maximum absolute atomic E-state index is 11.5. The average Bonchev–Trinajstić information content (AvgIpc) is 2.77. The summed E-state index contributed by atoms with van der Waals surface area (Å²) in [6.07, 6.45) is 3.35. The SMILES string of the molecule is CCCC(=O)Cc1nc(C(CCC)OCC)no1. The molecule has 5 nitrogen and oxygen atoms in total. The molecular formula is C13H22N2O3. The summed E-state index contributed by atoms with van der Waals surface area (Å²) >= 11 is 0. The van der Waals surface area contributed by atoms with E-state index in [0.717, 1.165) is 19.3 Å². The third-order valence-electron chi connectivity index (χ3n) is 2.57. The van der Waals surface area contributed by atoms with Crippen molar-refractivity contribution in [3.05, 3.63) is 11.7 Å². The minimum atomic E-state index is -0.126. The number of carbonyl (C=O) groups excluding carboxylic acids is 1. The smallest absolute Gasteiger partial charge is 0.234 e. The highest BCUT2D eigenvalue weighted by atomic mass is 16.5. The molecule has 1 rings (SSSR count). The Kier molecular flexibility index (Phi) is 6.57. The minimum absolute atomic E-state index is 0.126. The zero-order valence-corrected chi connectivity index (χ0v) is 11.4. The number of aromatic nitrogens is 2. The highest BCUT2D eigenvalue weighted by molar-refractivity contribution is 5.79. The summed E-state index contributed by atoms with van der Waals surface area (Å²) in [6.45, 7) is 6.61. The lowest BCUT2D eigenvalue weighted by molar-refractivity contribution is -0.118. The summed E-state index contributed by atoms with van der Waals surface area (Å²) in [6, 6.07) is 0. The molecule has 0 saturated heterocycles. The number of ketones is 1. The van der Waals surface area contributed by atoms with Gasteiger partial charge >= 0.3 is 0 Å². The van der Waals surface area contributed by atoms with Crippen LogP contribution >= 0.6 is 0 Å². The average molecular weight is 254 g/mol. The van der Waals surface area contributed by atoms with Gasteiger partial charge < -0.3 is 9.26 Å². The molecule has 0 aliphatic rings. The second-order valence-electron chi connectivity index (χ2n) is 4.24. The first kappa shape index (κ1) is 14.8. The van der Waals surface area contributed by atoms with Gasteiger partial charge in [0.2, 0.25) is 11.7 Å². The molecule has 0 aromatic carbocycles. The van der Waals surface area contributed by atoms with Gasteiger partial charge in [-0.2, -0.15) is 4.98 Å². The van der Waals surface area contributed by atoms with Gasteiger partial charge in [0.15, 0.2) is 0 Å². The molecule has 1 aromatic heterocycles.